The zero-order valence-electron chi connectivity index (χ0n) is 21.4. The molecule has 1 aliphatic carbocycles. The average Bonchev–Trinajstić information content (AvgIpc) is 3.05. The highest BCUT2D eigenvalue weighted by Crippen LogP contribution is 2.41. The monoisotopic (exact) mass is 505 g/mol. The van der Waals surface area contributed by atoms with Gasteiger partial charge in [0.2, 0.25) is 0 Å². The average molecular weight is 506 g/mol. The molecule has 0 bridgehead atoms. The summed E-state index contributed by atoms with van der Waals surface area (Å²) in [5.74, 6) is 0.825. The lowest BCUT2D eigenvalue weighted by Gasteiger charge is -2.39. The summed E-state index contributed by atoms with van der Waals surface area (Å²) in [5.41, 5.74) is 9.59. The highest BCUT2D eigenvalue weighted by atomic mass is 19.3. The summed E-state index contributed by atoms with van der Waals surface area (Å²) in [5, 5.41) is 0. The number of nitrogens with zero attached hydrogens (tertiary/aromatic N) is 1. The van der Waals surface area contributed by atoms with Crippen LogP contribution in [0.1, 0.15) is 52.6 Å². The summed E-state index contributed by atoms with van der Waals surface area (Å²) < 4.78 is 42.6. The molecule has 1 aliphatic heterocycles. The summed E-state index contributed by atoms with van der Waals surface area (Å²) in [7, 11) is 0. The van der Waals surface area contributed by atoms with E-state index in [-0.39, 0.29) is 12.4 Å². The Morgan fingerprint density at radius 2 is 1.73 bits per heavy atom. The van der Waals surface area contributed by atoms with Crippen molar-refractivity contribution >= 4 is 11.1 Å². The molecule has 5 rings (SSSR count). The van der Waals surface area contributed by atoms with E-state index in [0.29, 0.717) is 12.3 Å². The number of benzene rings is 3. The molecule has 2 aliphatic rings. The number of alkyl halides is 3. The third kappa shape index (κ3) is 5.93. The Hall–Kier alpha value is -3.05. The van der Waals surface area contributed by atoms with Crippen molar-refractivity contribution in [3.05, 3.63) is 100 Å². The first-order valence-electron chi connectivity index (χ1n) is 13.3. The molecule has 0 saturated carbocycles. The van der Waals surface area contributed by atoms with Gasteiger partial charge in [-0.15, -0.1) is 0 Å². The molecule has 0 aromatic heterocycles. The Morgan fingerprint density at radius 1 is 0.946 bits per heavy atom. The van der Waals surface area contributed by atoms with Gasteiger partial charge in [0, 0.05) is 19.6 Å². The first kappa shape index (κ1) is 25.6. The SMILES string of the molecule is Cc1cc(OC(F)F)ccc1C1=C(c2ccc(CC3CN(CCCF)C3)cc2)c2ccccc2CCC1. The van der Waals surface area contributed by atoms with E-state index >= 15 is 0 Å². The molecule has 2 nitrogen and oxygen atoms in total. The van der Waals surface area contributed by atoms with Gasteiger partial charge in [-0.2, -0.15) is 8.78 Å². The van der Waals surface area contributed by atoms with Crippen LogP contribution in [-0.4, -0.2) is 37.8 Å². The second-order valence-corrected chi connectivity index (χ2v) is 10.3. The van der Waals surface area contributed by atoms with Crippen LogP contribution in [0.3, 0.4) is 0 Å². The topological polar surface area (TPSA) is 12.5 Å². The highest BCUT2D eigenvalue weighted by Gasteiger charge is 2.26. The van der Waals surface area contributed by atoms with E-state index in [1.807, 2.05) is 13.0 Å². The normalized spacial score (nSPS) is 16.5. The molecule has 1 heterocycles. The number of allylic oxidation sites excluding steroid dienone is 1. The molecular formula is C32H34F3NO. The van der Waals surface area contributed by atoms with Crippen LogP contribution in [-0.2, 0) is 12.8 Å². The highest BCUT2D eigenvalue weighted by molar-refractivity contribution is 6.00. The number of aryl methyl sites for hydroxylation is 2. The van der Waals surface area contributed by atoms with Crippen LogP contribution >= 0.6 is 0 Å². The standard InChI is InChI=1S/C32H34F3NO/c1-22-18-27(37-32(34)35)14-15-28(22)30-9-4-7-25-6-2-3-8-29(25)31(30)26-12-10-23(11-13-26)19-24-20-36(21-24)17-5-16-33/h2-3,6,8,10-15,18,24,32H,4-5,7,9,16-17,19-21H2,1H3. The zero-order valence-corrected chi connectivity index (χ0v) is 21.4. The minimum absolute atomic E-state index is 0.191. The van der Waals surface area contributed by atoms with Crippen molar-refractivity contribution in [3.8, 4) is 5.75 Å². The minimum atomic E-state index is -2.83. The van der Waals surface area contributed by atoms with Crippen molar-refractivity contribution in [1.82, 2.24) is 4.90 Å². The fourth-order valence-electron chi connectivity index (χ4n) is 5.89. The third-order valence-corrected chi connectivity index (χ3v) is 7.62. The minimum Gasteiger partial charge on any atom is -0.435 e. The molecule has 3 aromatic rings. The Labute approximate surface area is 217 Å². The molecule has 5 heteroatoms. The van der Waals surface area contributed by atoms with E-state index < -0.39 is 6.61 Å². The molecule has 0 radical (unpaired) electrons. The van der Waals surface area contributed by atoms with Gasteiger partial charge < -0.3 is 9.64 Å². The molecular weight excluding hydrogens is 471 g/mol. The van der Waals surface area contributed by atoms with E-state index in [2.05, 4.69) is 58.2 Å². The smallest absolute Gasteiger partial charge is 0.387 e. The fourth-order valence-corrected chi connectivity index (χ4v) is 5.89. The Morgan fingerprint density at radius 3 is 2.46 bits per heavy atom. The van der Waals surface area contributed by atoms with Crippen molar-refractivity contribution in [2.24, 2.45) is 5.92 Å². The molecule has 1 saturated heterocycles. The third-order valence-electron chi connectivity index (χ3n) is 7.62. The first-order chi connectivity index (χ1) is 18.0. The summed E-state index contributed by atoms with van der Waals surface area (Å²) in [4.78, 5) is 2.33. The maximum atomic E-state index is 12.8. The maximum absolute atomic E-state index is 12.8. The Bertz CT molecular complexity index is 1250. The lowest BCUT2D eigenvalue weighted by atomic mass is 9.85. The lowest BCUT2D eigenvalue weighted by Crippen LogP contribution is -2.47. The van der Waals surface area contributed by atoms with Crippen LogP contribution in [0.4, 0.5) is 13.2 Å². The summed E-state index contributed by atoms with van der Waals surface area (Å²) >= 11 is 0. The fraction of sp³-hybridized carbons (Fsp3) is 0.375. The van der Waals surface area contributed by atoms with Gasteiger partial charge in [0.1, 0.15) is 5.75 Å². The zero-order chi connectivity index (χ0) is 25.8. The lowest BCUT2D eigenvalue weighted by molar-refractivity contribution is -0.0498. The number of likely N-dealkylation sites (tertiary alicyclic amines) is 1. The van der Waals surface area contributed by atoms with Crippen molar-refractivity contribution in [2.45, 2.75) is 45.6 Å². The van der Waals surface area contributed by atoms with Crippen LogP contribution in [0.2, 0.25) is 0 Å². The van der Waals surface area contributed by atoms with E-state index in [0.717, 1.165) is 56.4 Å². The Kier molecular flexibility index (Phi) is 7.99. The van der Waals surface area contributed by atoms with Gasteiger partial charge in [-0.25, -0.2) is 0 Å². The van der Waals surface area contributed by atoms with Gasteiger partial charge in [-0.1, -0.05) is 54.6 Å². The van der Waals surface area contributed by atoms with Crippen molar-refractivity contribution in [1.29, 1.82) is 0 Å². The molecule has 0 amide bonds. The molecule has 0 unspecified atom stereocenters. The molecule has 3 aromatic carbocycles. The predicted octanol–water partition coefficient (Wildman–Crippen LogP) is 7.73. The summed E-state index contributed by atoms with van der Waals surface area (Å²) in [6.07, 6.45) is 4.62. The number of ether oxygens (including phenoxy) is 1. The molecule has 0 atom stereocenters. The van der Waals surface area contributed by atoms with Crippen LogP contribution in [0.25, 0.3) is 11.1 Å². The molecule has 0 N–H and O–H groups in total. The quantitative estimate of drug-likeness (QED) is 0.295. The van der Waals surface area contributed by atoms with Crippen molar-refractivity contribution in [2.75, 3.05) is 26.3 Å². The van der Waals surface area contributed by atoms with E-state index in [4.69, 9.17) is 0 Å². The van der Waals surface area contributed by atoms with E-state index in [1.54, 1.807) is 12.1 Å². The van der Waals surface area contributed by atoms with Gasteiger partial charge in [-0.3, -0.25) is 4.39 Å². The van der Waals surface area contributed by atoms with Gasteiger partial charge >= 0.3 is 6.61 Å². The van der Waals surface area contributed by atoms with E-state index in [9.17, 15) is 13.2 Å². The maximum Gasteiger partial charge on any atom is 0.387 e. The van der Waals surface area contributed by atoms with Crippen molar-refractivity contribution in [3.63, 3.8) is 0 Å². The Balaban J connectivity index is 1.46. The van der Waals surface area contributed by atoms with E-state index in [1.165, 1.54) is 33.4 Å². The van der Waals surface area contributed by atoms with Gasteiger partial charge in [0.25, 0.3) is 0 Å². The summed E-state index contributed by atoms with van der Waals surface area (Å²) in [6, 6.07) is 22.8. The van der Waals surface area contributed by atoms with Gasteiger partial charge in [0.15, 0.2) is 0 Å². The number of hydrogen-bond acceptors (Lipinski definition) is 2. The number of rotatable bonds is 9. The molecule has 194 valence electrons. The van der Waals surface area contributed by atoms with Gasteiger partial charge in [-0.05, 0) is 102 Å². The molecule has 37 heavy (non-hydrogen) atoms. The summed E-state index contributed by atoms with van der Waals surface area (Å²) in [6.45, 7) is 1.85. The predicted molar refractivity (Wildman–Crippen MR) is 144 cm³/mol. The number of hydrogen-bond donors (Lipinski definition) is 0. The second kappa shape index (κ2) is 11.6. The van der Waals surface area contributed by atoms with Crippen LogP contribution < -0.4 is 4.74 Å². The van der Waals surface area contributed by atoms with Crippen LogP contribution in [0.5, 0.6) is 5.75 Å². The second-order valence-electron chi connectivity index (χ2n) is 10.3. The number of halogens is 3. The van der Waals surface area contributed by atoms with Crippen LogP contribution in [0.15, 0.2) is 66.7 Å². The molecule has 0 spiro atoms. The van der Waals surface area contributed by atoms with Crippen molar-refractivity contribution < 1.29 is 17.9 Å². The van der Waals surface area contributed by atoms with Gasteiger partial charge in [0.05, 0.1) is 6.67 Å². The largest absolute Gasteiger partial charge is 0.435 e. The van der Waals surface area contributed by atoms with Crippen LogP contribution in [0, 0.1) is 12.8 Å². The number of fused-ring (bicyclic) bond motifs is 1. The first-order valence-corrected chi connectivity index (χ1v) is 13.3. The molecule has 1 fully saturated rings.